The normalized spacial score (nSPS) is 48.9. The first-order valence-electron chi connectivity index (χ1n) is 13.6. The van der Waals surface area contributed by atoms with Gasteiger partial charge in [0.15, 0.2) is 23.0 Å². The number of carbonyl (C=O) groups excluding carboxylic acids is 3. The molecule has 4 aliphatic carbocycles. The molecule has 1 spiro atoms. The van der Waals surface area contributed by atoms with E-state index in [4.69, 9.17) is 9.47 Å². The van der Waals surface area contributed by atoms with Crippen LogP contribution in [0.15, 0.2) is 23.8 Å². The maximum Gasteiger partial charge on any atom is 0.284 e. The lowest BCUT2D eigenvalue weighted by atomic mass is 9.45. The van der Waals surface area contributed by atoms with Crippen molar-refractivity contribution in [2.24, 2.45) is 34.5 Å². The molecule has 0 aromatic rings. The van der Waals surface area contributed by atoms with Crippen LogP contribution >= 0.6 is 0 Å². The van der Waals surface area contributed by atoms with Crippen molar-refractivity contribution in [3.63, 3.8) is 0 Å². The molecule has 5 rings (SSSR count). The number of aliphatic hydroxyl groups is 1. The molecule has 0 amide bonds. The molecule has 1 heterocycles. The third kappa shape index (κ3) is 2.97. The number of fused-ring (bicyclic) bond motifs is 6. The molecule has 0 aromatic carbocycles. The van der Waals surface area contributed by atoms with E-state index in [1.54, 1.807) is 13.0 Å². The van der Waals surface area contributed by atoms with Crippen LogP contribution in [0.4, 0.5) is 4.39 Å². The third-order valence-electron chi connectivity index (χ3n) is 10.7. The average molecular weight is 503 g/mol. The number of ether oxygens (including phenoxy) is 2. The fourth-order valence-corrected chi connectivity index (χ4v) is 8.86. The van der Waals surface area contributed by atoms with Gasteiger partial charge in [0.05, 0.1) is 0 Å². The first kappa shape index (κ1) is 25.9. The molecule has 0 bridgehead atoms. The Morgan fingerprint density at radius 2 is 1.89 bits per heavy atom. The molecular formula is C29H39FO6. The zero-order valence-corrected chi connectivity index (χ0v) is 22.1. The Hall–Kier alpha value is -1.70. The maximum absolute atomic E-state index is 17.3. The van der Waals surface area contributed by atoms with E-state index in [-0.39, 0.29) is 42.3 Å². The van der Waals surface area contributed by atoms with E-state index in [0.29, 0.717) is 37.7 Å². The van der Waals surface area contributed by atoms with E-state index < -0.39 is 39.8 Å². The minimum Gasteiger partial charge on any atom is -0.343 e. The second kappa shape index (κ2) is 8.15. The number of carbonyl (C=O) groups is 3. The van der Waals surface area contributed by atoms with Gasteiger partial charge in [-0.1, -0.05) is 45.8 Å². The molecule has 4 fully saturated rings. The van der Waals surface area contributed by atoms with Gasteiger partial charge in [-0.25, -0.2) is 4.39 Å². The topological polar surface area (TPSA) is 89.9 Å². The van der Waals surface area contributed by atoms with Crippen molar-refractivity contribution in [1.29, 1.82) is 0 Å². The molecule has 7 heteroatoms. The third-order valence-corrected chi connectivity index (χ3v) is 10.7. The monoisotopic (exact) mass is 502 g/mol. The second-order valence-corrected chi connectivity index (χ2v) is 12.3. The molecule has 3 saturated carbocycles. The van der Waals surface area contributed by atoms with Gasteiger partial charge in [0.2, 0.25) is 0 Å². The van der Waals surface area contributed by atoms with E-state index in [0.717, 1.165) is 6.42 Å². The number of halogens is 1. The van der Waals surface area contributed by atoms with Crippen molar-refractivity contribution >= 4 is 17.3 Å². The lowest BCUT2D eigenvalue weighted by Gasteiger charge is -2.61. The molecular weight excluding hydrogens is 463 g/mol. The molecule has 1 N–H and O–H groups in total. The van der Waals surface area contributed by atoms with Gasteiger partial charge < -0.3 is 14.6 Å². The lowest BCUT2D eigenvalue weighted by molar-refractivity contribution is -0.440. The van der Waals surface area contributed by atoms with Gasteiger partial charge in [-0.3, -0.25) is 14.4 Å². The quantitative estimate of drug-likeness (QED) is 0.603. The van der Waals surface area contributed by atoms with Crippen LogP contribution in [0.3, 0.4) is 0 Å². The van der Waals surface area contributed by atoms with Crippen LogP contribution in [0.2, 0.25) is 0 Å². The molecule has 1 aliphatic heterocycles. The zero-order valence-electron chi connectivity index (χ0n) is 22.1. The maximum atomic E-state index is 17.3. The first-order chi connectivity index (χ1) is 16.8. The number of ketones is 3. The number of hydrogen-bond donors (Lipinski definition) is 1. The summed E-state index contributed by atoms with van der Waals surface area (Å²) in [4.78, 5) is 39.7. The van der Waals surface area contributed by atoms with Crippen molar-refractivity contribution in [2.75, 3.05) is 6.61 Å². The number of allylic oxidation sites excluding steroid dienone is 4. The summed E-state index contributed by atoms with van der Waals surface area (Å²) in [7, 11) is 0. The minimum atomic E-state index is -2.16. The second-order valence-electron chi connectivity index (χ2n) is 12.3. The Kier molecular flexibility index (Phi) is 5.87. The standard InChI is InChI=1S/C29H39FO6/c1-6-8-18(7-2)29(34)35-16-24(33)28(36-29)17(3)13-22-21-10-9-19-14-20(31)11-12-25(19,4)27(21,30)23(32)15-26(22,28)5/h11-12,14,17-18,21-22,34H,6-10,13,15-16H2,1-5H3/t17-,18?,21-,22-,25-,26-,27-,28-,29?/m0/s1. The Balaban J connectivity index is 1.59. The Morgan fingerprint density at radius 1 is 1.17 bits per heavy atom. The van der Waals surface area contributed by atoms with Gasteiger partial charge in [-0.15, -0.1) is 0 Å². The Labute approximate surface area is 212 Å². The molecule has 198 valence electrons. The van der Waals surface area contributed by atoms with Crippen molar-refractivity contribution in [3.05, 3.63) is 23.8 Å². The van der Waals surface area contributed by atoms with E-state index in [2.05, 4.69) is 0 Å². The molecule has 5 aliphatic rings. The summed E-state index contributed by atoms with van der Waals surface area (Å²) in [5.41, 5.74) is -5.09. The predicted octanol–water partition coefficient (Wildman–Crippen LogP) is 4.64. The van der Waals surface area contributed by atoms with Gasteiger partial charge >= 0.3 is 0 Å². The molecule has 1 saturated heterocycles. The van der Waals surface area contributed by atoms with Crippen molar-refractivity contribution in [1.82, 2.24) is 0 Å². The Morgan fingerprint density at radius 3 is 2.56 bits per heavy atom. The zero-order chi connectivity index (χ0) is 26.3. The fourth-order valence-electron chi connectivity index (χ4n) is 8.86. The number of rotatable bonds is 4. The first-order valence-corrected chi connectivity index (χ1v) is 13.6. The van der Waals surface area contributed by atoms with Gasteiger partial charge in [-0.2, -0.15) is 0 Å². The molecule has 36 heavy (non-hydrogen) atoms. The largest absolute Gasteiger partial charge is 0.343 e. The number of alkyl halides is 1. The summed E-state index contributed by atoms with van der Waals surface area (Å²) < 4.78 is 29.5. The van der Waals surface area contributed by atoms with E-state index in [9.17, 15) is 19.5 Å². The summed E-state index contributed by atoms with van der Waals surface area (Å²) in [6.07, 6.45) is 7.84. The predicted molar refractivity (Wildman–Crippen MR) is 130 cm³/mol. The van der Waals surface area contributed by atoms with Gasteiger partial charge in [-0.05, 0) is 63.0 Å². The summed E-state index contributed by atoms with van der Waals surface area (Å²) in [6.45, 7) is 9.22. The van der Waals surface area contributed by atoms with Gasteiger partial charge in [0.25, 0.3) is 5.97 Å². The highest BCUT2D eigenvalue weighted by molar-refractivity contribution is 6.03. The smallest absolute Gasteiger partial charge is 0.284 e. The van der Waals surface area contributed by atoms with Crippen LogP contribution < -0.4 is 0 Å². The SMILES string of the molecule is CCCC(CC)C1(O)OCC(=O)[C@@]2(O1)[C@@H](C)C[C@H]1[C@@H]3CCC4=CC(=O)C=C[C@]4(C)[C@@]3(F)C(=O)C[C@@]12C. The van der Waals surface area contributed by atoms with E-state index in [1.807, 2.05) is 27.7 Å². The fraction of sp³-hybridized carbons (Fsp3) is 0.759. The van der Waals surface area contributed by atoms with Gasteiger partial charge in [0.1, 0.15) is 12.2 Å². The van der Waals surface area contributed by atoms with E-state index >= 15 is 4.39 Å². The molecule has 0 radical (unpaired) electrons. The molecule has 0 aromatic heterocycles. The van der Waals surface area contributed by atoms with Gasteiger partial charge in [0, 0.05) is 29.1 Å². The number of Topliss-reactive ketones (excluding diaryl/α,β-unsaturated/α-hetero) is 2. The highest BCUT2D eigenvalue weighted by Crippen LogP contribution is 2.71. The summed E-state index contributed by atoms with van der Waals surface area (Å²) in [5, 5.41) is 11.6. The van der Waals surface area contributed by atoms with E-state index in [1.165, 1.54) is 12.2 Å². The summed E-state index contributed by atoms with van der Waals surface area (Å²) in [5.74, 6) is -4.48. The van der Waals surface area contributed by atoms with Crippen LogP contribution in [-0.2, 0) is 23.9 Å². The molecule has 9 atom stereocenters. The summed E-state index contributed by atoms with van der Waals surface area (Å²) >= 11 is 0. The number of hydrogen-bond acceptors (Lipinski definition) is 6. The molecule has 2 unspecified atom stereocenters. The van der Waals surface area contributed by atoms with Crippen molar-refractivity contribution in [2.45, 2.75) is 96.8 Å². The van der Waals surface area contributed by atoms with Crippen LogP contribution in [0.25, 0.3) is 0 Å². The van der Waals surface area contributed by atoms with Crippen LogP contribution in [0.5, 0.6) is 0 Å². The average Bonchev–Trinajstić information content (AvgIpc) is 3.03. The highest BCUT2D eigenvalue weighted by Gasteiger charge is 2.78. The molecule has 6 nitrogen and oxygen atoms in total. The lowest BCUT2D eigenvalue weighted by Crippen LogP contribution is -2.72. The van der Waals surface area contributed by atoms with Crippen LogP contribution in [0, 0.1) is 34.5 Å². The highest BCUT2D eigenvalue weighted by atomic mass is 19.1. The Bertz CT molecular complexity index is 1070. The van der Waals surface area contributed by atoms with Crippen LogP contribution in [0.1, 0.15) is 79.6 Å². The minimum absolute atomic E-state index is 0.161. The summed E-state index contributed by atoms with van der Waals surface area (Å²) in [6, 6.07) is 0. The van der Waals surface area contributed by atoms with Crippen molar-refractivity contribution < 1.29 is 33.4 Å². The van der Waals surface area contributed by atoms with Crippen LogP contribution in [-0.4, -0.2) is 46.3 Å². The van der Waals surface area contributed by atoms with Crippen molar-refractivity contribution in [3.8, 4) is 0 Å².